The highest BCUT2D eigenvalue weighted by atomic mass is 16.5. The van der Waals surface area contributed by atoms with E-state index in [9.17, 15) is 0 Å². The molecule has 2 aliphatic heterocycles. The van der Waals surface area contributed by atoms with Crippen LogP contribution in [0.2, 0.25) is 0 Å². The molecule has 4 unspecified atom stereocenters. The van der Waals surface area contributed by atoms with Gasteiger partial charge in [-0.15, -0.1) is 0 Å². The lowest BCUT2D eigenvalue weighted by Gasteiger charge is -2.21. The minimum absolute atomic E-state index is 0.474. The molecule has 0 amide bonds. The topological polar surface area (TPSA) is 42.5 Å². The van der Waals surface area contributed by atoms with Crippen molar-refractivity contribution in [2.45, 2.75) is 31.9 Å². The molecule has 2 saturated heterocycles. The summed E-state index contributed by atoms with van der Waals surface area (Å²) < 4.78 is 11.2. The molecule has 4 nitrogen and oxygen atoms in total. The maximum absolute atomic E-state index is 5.70. The molecule has 0 radical (unpaired) electrons. The Morgan fingerprint density at radius 2 is 2.00 bits per heavy atom. The van der Waals surface area contributed by atoms with E-state index in [0.717, 1.165) is 39.3 Å². The molecule has 2 aliphatic rings. The van der Waals surface area contributed by atoms with Crippen LogP contribution in [0.4, 0.5) is 0 Å². The van der Waals surface area contributed by atoms with E-state index < -0.39 is 0 Å². The van der Waals surface area contributed by atoms with Crippen LogP contribution < -0.4 is 10.6 Å². The zero-order chi connectivity index (χ0) is 12.1. The van der Waals surface area contributed by atoms with Crippen LogP contribution >= 0.6 is 0 Å². The molecule has 2 fully saturated rings. The Balaban J connectivity index is 1.65. The van der Waals surface area contributed by atoms with Crippen molar-refractivity contribution in [3.8, 4) is 0 Å². The lowest BCUT2D eigenvalue weighted by atomic mass is 9.98. The molecule has 2 rings (SSSR count). The van der Waals surface area contributed by atoms with Gasteiger partial charge < -0.3 is 20.1 Å². The zero-order valence-corrected chi connectivity index (χ0v) is 11.1. The third-order valence-electron chi connectivity index (χ3n) is 4.13. The lowest BCUT2D eigenvalue weighted by Crippen LogP contribution is -2.40. The Hall–Kier alpha value is -0.160. The van der Waals surface area contributed by atoms with Gasteiger partial charge in [0.15, 0.2) is 0 Å². The smallest absolute Gasteiger partial charge is 0.0623 e. The van der Waals surface area contributed by atoms with Crippen LogP contribution in [0.5, 0.6) is 0 Å². The first-order chi connectivity index (χ1) is 8.35. The number of hydrogen-bond donors (Lipinski definition) is 2. The second-order valence-corrected chi connectivity index (χ2v) is 5.22. The molecule has 100 valence electrons. The largest absolute Gasteiger partial charge is 0.379 e. The standard InChI is InChI=1S/C13H26N2O2/c1-3-13-10(4-5-17-13)6-15-7-11-8-16-9-12(11)14-2/h10-15H,3-9H2,1-2H3. The van der Waals surface area contributed by atoms with E-state index in [1.807, 2.05) is 7.05 Å². The zero-order valence-electron chi connectivity index (χ0n) is 11.1. The molecule has 4 atom stereocenters. The van der Waals surface area contributed by atoms with Gasteiger partial charge in [0, 0.05) is 31.7 Å². The molecule has 0 saturated carbocycles. The van der Waals surface area contributed by atoms with Gasteiger partial charge in [0.25, 0.3) is 0 Å². The van der Waals surface area contributed by atoms with Crippen LogP contribution in [0, 0.1) is 11.8 Å². The summed E-state index contributed by atoms with van der Waals surface area (Å²) >= 11 is 0. The lowest BCUT2D eigenvalue weighted by molar-refractivity contribution is 0.0869. The third-order valence-corrected chi connectivity index (χ3v) is 4.13. The summed E-state index contributed by atoms with van der Waals surface area (Å²) in [5.41, 5.74) is 0. The highest BCUT2D eigenvalue weighted by Crippen LogP contribution is 2.22. The van der Waals surface area contributed by atoms with Gasteiger partial charge in [-0.3, -0.25) is 0 Å². The van der Waals surface area contributed by atoms with E-state index in [1.165, 1.54) is 6.42 Å². The highest BCUT2D eigenvalue weighted by Gasteiger charge is 2.29. The fraction of sp³-hybridized carbons (Fsp3) is 1.00. The van der Waals surface area contributed by atoms with Gasteiger partial charge in [-0.05, 0) is 25.8 Å². The first kappa shape index (κ1) is 13.3. The van der Waals surface area contributed by atoms with E-state index in [4.69, 9.17) is 9.47 Å². The Kier molecular flexibility index (Phi) is 5.22. The summed E-state index contributed by atoms with van der Waals surface area (Å²) in [5, 5.41) is 6.92. The number of ether oxygens (including phenoxy) is 2. The minimum Gasteiger partial charge on any atom is -0.379 e. The first-order valence-corrected chi connectivity index (χ1v) is 6.92. The summed E-state index contributed by atoms with van der Waals surface area (Å²) in [5.74, 6) is 1.32. The maximum Gasteiger partial charge on any atom is 0.0623 e. The molecule has 0 aromatic carbocycles. The van der Waals surface area contributed by atoms with Crippen LogP contribution in [-0.4, -0.2) is 52.1 Å². The molecule has 2 N–H and O–H groups in total. The SMILES string of the molecule is CCC1OCCC1CNCC1COCC1NC. The van der Waals surface area contributed by atoms with Crippen molar-refractivity contribution in [2.75, 3.05) is 40.0 Å². The van der Waals surface area contributed by atoms with Gasteiger partial charge >= 0.3 is 0 Å². The third kappa shape index (κ3) is 3.41. The van der Waals surface area contributed by atoms with Gasteiger partial charge in [-0.2, -0.15) is 0 Å². The van der Waals surface area contributed by atoms with Gasteiger partial charge in [0.2, 0.25) is 0 Å². The van der Waals surface area contributed by atoms with Crippen LogP contribution in [0.3, 0.4) is 0 Å². The number of nitrogens with one attached hydrogen (secondary N) is 2. The average molecular weight is 242 g/mol. The second-order valence-electron chi connectivity index (χ2n) is 5.22. The Morgan fingerprint density at radius 3 is 2.76 bits per heavy atom. The summed E-state index contributed by atoms with van der Waals surface area (Å²) in [6, 6.07) is 0.518. The van der Waals surface area contributed by atoms with Gasteiger partial charge in [-0.1, -0.05) is 6.92 Å². The molecule has 0 aromatic heterocycles. The molecule has 2 heterocycles. The van der Waals surface area contributed by atoms with Crippen LogP contribution in [0.15, 0.2) is 0 Å². The molecule has 0 bridgehead atoms. The fourth-order valence-corrected chi connectivity index (χ4v) is 2.95. The predicted octanol–water partition coefficient (Wildman–Crippen LogP) is 0.626. The summed E-state index contributed by atoms with van der Waals surface area (Å²) in [6.45, 7) is 7.04. The number of hydrogen-bond acceptors (Lipinski definition) is 4. The van der Waals surface area contributed by atoms with Crippen molar-refractivity contribution in [1.82, 2.24) is 10.6 Å². The summed E-state index contributed by atoms with van der Waals surface area (Å²) in [7, 11) is 2.02. The van der Waals surface area contributed by atoms with E-state index in [0.29, 0.717) is 24.0 Å². The van der Waals surface area contributed by atoms with Crippen molar-refractivity contribution in [3.05, 3.63) is 0 Å². The van der Waals surface area contributed by atoms with E-state index >= 15 is 0 Å². The molecule has 0 aliphatic carbocycles. The van der Waals surface area contributed by atoms with Crippen molar-refractivity contribution in [1.29, 1.82) is 0 Å². The Bertz CT molecular complexity index is 203. The molecule has 0 aromatic rings. The molecule has 4 heteroatoms. The van der Waals surface area contributed by atoms with Gasteiger partial charge in [0.05, 0.1) is 19.3 Å². The van der Waals surface area contributed by atoms with Crippen LogP contribution in [0.1, 0.15) is 19.8 Å². The first-order valence-electron chi connectivity index (χ1n) is 6.92. The quantitative estimate of drug-likeness (QED) is 0.717. The second kappa shape index (κ2) is 6.69. The molecule has 17 heavy (non-hydrogen) atoms. The number of likely N-dealkylation sites (N-methyl/N-ethyl adjacent to an activating group) is 1. The van der Waals surface area contributed by atoms with Gasteiger partial charge in [-0.25, -0.2) is 0 Å². The monoisotopic (exact) mass is 242 g/mol. The minimum atomic E-state index is 0.474. The normalized spacial score (nSPS) is 37.8. The van der Waals surface area contributed by atoms with Crippen LogP contribution in [0.25, 0.3) is 0 Å². The maximum atomic E-state index is 5.70. The van der Waals surface area contributed by atoms with Crippen molar-refractivity contribution in [3.63, 3.8) is 0 Å². The van der Waals surface area contributed by atoms with Gasteiger partial charge in [0.1, 0.15) is 0 Å². The van der Waals surface area contributed by atoms with Crippen LogP contribution in [-0.2, 0) is 9.47 Å². The van der Waals surface area contributed by atoms with Crippen molar-refractivity contribution in [2.24, 2.45) is 11.8 Å². The van der Waals surface area contributed by atoms with Crippen molar-refractivity contribution < 1.29 is 9.47 Å². The molecular formula is C13H26N2O2. The Labute approximate surface area is 104 Å². The van der Waals surface area contributed by atoms with E-state index in [-0.39, 0.29) is 0 Å². The average Bonchev–Trinajstić information content (AvgIpc) is 2.97. The predicted molar refractivity (Wildman–Crippen MR) is 68.2 cm³/mol. The molecular weight excluding hydrogens is 216 g/mol. The summed E-state index contributed by atoms with van der Waals surface area (Å²) in [4.78, 5) is 0. The Morgan fingerprint density at radius 1 is 1.18 bits per heavy atom. The number of rotatable bonds is 6. The van der Waals surface area contributed by atoms with Crippen molar-refractivity contribution >= 4 is 0 Å². The summed E-state index contributed by atoms with van der Waals surface area (Å²) in [6.07, 6.45) is 2.82. The van der Waals surface area contributed by atoms with E-state index in [2.05, 4.69) is 17.6 Å². The molecule has 0 spiro atoms. The fourth-order valence-electron chi connectivity index (χ4n) is 2.95. The highest BCUT2D eigenvalue weighted by molar-refractivity contribution is 4.83. The van der Waals surface area contributed by atoms with E-state index in [1.54, 1.807) is 0 Å².